The summed E-state index contributed by atoms with van der Waals surface area (Å²) in [7, 11) is 2.21. The molecule has 1 aliphatic rings. The van der Waals surface area contributed by atoms with E-state index in [1.54, 1.807) is 0 Å². The van der Waals surface area contributed by atoms with Gasteiger partial charge in [-0.05, 0) is 49.9 Å². The Bertz CT molecular complexity index is 318. The molecule has 1 saturated carbocycles. The van der Waals surface area contributed by atoms with Gasteiger partial charge in [0.25, 0.3) is 0 Å². The van der Waals surface area contributed by atoms with Crippen LogP contribution in [-0.2, 0) is 6.42 Å². The number of likely N-dealkylation sites (N-methyl/N-ethyl adjacent to an activating group) is 1. The molecule has 1 fully saturated rings. The van der Waals surface area contributed by atoms with E-state index in [-0.39, 0.29) is 0 Å². The van der Waals surface area contributed by atoms with Crippen LogP contribution in [0, 0.1) is 5.92 Å². The van der Waals surface area contributed by atoms with Crippen LogP contribution in [0.4, 0.5) is 5.69 Å². The summed E-state index contributed by atoms with van der Waals surface area (Å²) < 4.78 is 0. The second-order valence-electron chi connectivity index (χ2n) is 4.70. The van der Waals surface area contributed by atoms with Gasteiger partial charge in [0.15, 0.2) is 0 Å². The van der Waals surface area contributed by atoms with Crippen molar-refractivity contribution < 1.29 is 0 Å². The van der Waals surface area contributed by atoms with E-state index >= 15 is 0 Å². The van der Waals surface area contributed by atoms with Crippen molar-refractivity contribution in [1.29, 1.82) is 0 Å². The van der Waals surface area contributed by atoms with Gasteiger partial charge in [0.2, 0.25) is 0 Å². The van der Waals surface area contributed by atoms with E-state index in [2.05, 4.69) is 24.1 Å². The second-order valence-corrected chi connectivity index (χ2v) is 4.70. The third kappa shape index (κ3) is 3.56. The first-order chi connectivity index (χ1) is 7.24. The summed E-state index contributed by atoms with van der Waals surface area (Å²) in [5, 5.41) is 0. The molecule has 0 radical (unpaired) electrons. The summed E-state index contributed by atoms with van der Waals surface area (Å²) in [5.74, 6) is 0.982. The molecular formula is C13H20N2. The predicted octanol–water partition coefficient (Wildman–Crippen LogP) is 2.15. The molecule has 0 aliphatic heterocycles. The summed E-state index contributed by atoms with van der Waals surface area (Å²) in [6.45, 7) is 2.41. The van der Waals surface area contributed by atoms with Crippen LogP contribution in [0.5, 0.6) is 0 Å². The molecule has 15 heavy (non-hydrogen) atoms. The zero-order chi connectivity index (χ0) is 10.7. The number of hydrogen-bond acceptors (Lipinski definition) is 2. The van der Waals surface area contributed by atoms with Gasteiger partial charge in [-0.25, -0.2) is 0 Å². The van der Waals surface area contributed by atoms with Gasteiger partial charge >= 0.3 is 0 Å². The lowest BCUT2D eigenvalue weighted by atomic mass is 10.1. The van der Waals surface area contributed by atoms with Crippen LogP contribution in [0.15, 0.2) is 24.3 Å². The largest absolute Gasteiger partial charge is 0.399 e. The average Bonchev–Trinajstić information content (AvgIpc) is 2.99. The van der Waals surface area contributed by atoms with E-state index in [1.165, 1.54) is 24.9 Å². The molecule has 2 heteroatoms. The van der Waals surface area contributed by atoms with Gasteiger partial charge in [-0.2, -0.15) is 0 Å². The highest BCUT2D eigenvalue weighted by Gasteiger charge is 2.22. The number of nitrogen functional groups attached to an aromatic ring is 1. The lowest BCUT2D eigenvalue weighted by Gasteiger charge is -2.15. The standard InChI is InChI=1S/C13H20N2/c1-15(10-12-5-6-12)8-7-11-3-2-4-13(14)9-11/h2-4,9,12H,5-8,10,14H2,1H3. The van der Waals surface area contributed by atoms with Gasteiger partial charge in [0, 0.05) is 18.8 Å². The number of nitrogens with zero attached hydrogens (tertiary/aromatic N) is 1. The molecule has 1 aliphatic carbocycles. The lowest BCUT2D eigenvalue weighted by molar-refractivity contribution is 0.324. The highest BCUT2D eigenvalue weighted by molar-refractivity contribution is 5.40. The van der Waals surface area contributed by atoms with Gasteiger partial charge in [0.05, 0.1) is 0 Å². The molecule has 0 amide bonds. The fourth-order valence-electron chi connectivity index (χ4n) is 1.90. The quantitative estimate of drug-likeness (QED) is 0.745. The molecule has 2 nitrogen and oxygen atoms in total. The first kappa shape index (κ1) is 10.5. The molecule has 0 bridgehead atoms. The topological polar surface area (TPSA) is 29.3 Å². The van der Waals surface area contributed by atoms with Crippen molar-refractivity contribution in [2.24, 2.45) is 5.92 Å². The highest BCUT2D eigenvalue weighted by Crippen LogP contribution is 2.29. The Morgan fingerprint density at radius 1 is 1.40 bits per heavy atom. The first-order valence-corrected chi connectivity index (χ1v) is 5.77. The third-order valence-electron chi connectivity index (χ3n) is 3.00. The normalized spacial score (nSPS) is 15.9. The van der Waals surface area contributed by atoms with Gasteiger partial charge < -0.3 is 10.6 Å². The number of nitrogens with two attached hydrogens (primary N) is 1. The molecule has 0 aromatic heterocycles. The van der Waals surface area contributed by atoms with Gasteiger partial charge in [-0.1, -0.05) is 12.1 Å². The van der Waals surface area contributed by atoms with Gasteiger partial charge in [-0.15, -0.1) is 0 Å². The van der Waals surface area contributed by atoms with Gasteiger partial charge in [0.1, 0.15) is 0 Å². The maximum atomic E-state index is 5.74. The molecule has 2 rings (SSSR count). The maximum Gasteiger partial charge on any atom is 0.0316 e. The molecule has 0 spiro atoms. The van der Waals surface area contributed by atoms with E-state index < -0.39 is 0 Å². The van der Waals surface area contributed by atoms with Crippen LogP contribution < -0.4 is 5.73 Å². The predicted molar refractivity (Wildman–Crippen MR) is 64.8 cm³/mol. The minimum Gasteiger partial charge on any atom is -0.399 e. The number of anilines is 1. The molecule has 2 N–H and O–H groups in total. The summed E-state index contributed by atoms with van der Waals surface area (Å²) in [5.41, 5.74) is 7.96. The molecule has 0 unspecified atom stereocenters. The Hall–Kier alpha value is -1.02. The van der Waals surface area contributed by atoms with E-state index in [0.717, 1.165) is 24.6 Å². The maximum absolute atomic E-state index is 5.74. The van der Waals surface area contributed by atoms with Crippen molar-refractivity contribution in [3.63, 3.8) is 0 Å². The van der Waals surface area contributed by atoms with E-state index in [1.807, 2.05) is 12.1 Å². The summed E-state index contributed by atoms with van der Waals surface area (Å²) in [6, 6.07) is 8.20. The Labute approximate surface area is 92.1 Å². The van der Waals surface area contributed by atoms with E-state index in [0.29, 0.717) is 0 Å². The van der Waals surface area contributed by atoms with Crippen LogP contribution in [0.2, 0.25) is 0 Å². The Morgan fingerprint density at radius 2 is 2.20 bits per heavy atom. The fraction of sp³-hybridized carbons (Fsp3) is 0.538. The summed E-state index contributed by atoms with van der Waals surface area (Å²) >= 11 is 0. The van der Waals surface area contributed by atoms with Crippen molar-refractivity contribution in [1.82, 2.24) is 4.90 Å². The zero-order valence-corrected chi connectivity index (χ0v) is 9.45. The number of hydrogen-bond donors (Lipinski definition) is 1. The first-order valence-electron chi connectivity index (χ1n) is 5.77. The Morgan fingerprint density at radius 3 is 2.87 bits per heavy atom. The van der Waals surface area contributed by atoms with Crippen molar-refractivity contribution in [3.05, 3.63) is 29.8 Å². The highest BCUT2D eigenvalue weighted by atomic mass is 15.1. The van der Waals surface area contributed by atoms with Crippen LogP contribution in [-0.4, -0.2) is 25.0 Å². The molecule has 1 aromatic carbocycles. The molecular weight excluding hydrogens is 184 g/mol. The number of rotatable bonds is 5. The average molecular weight is 204 g/mol. The Balaban J connectivity index is 1.76. The lowest BCUT2D eigenvalue weighted by Crippen LogP contribution is -2.23. The summed E-state index contributed by atoms with van der Waals surface area (Å²) in [4.78, 5) is 2.43. The molecule has 1 aromatic rings. The Kier molecular flexibility index (Phi) is 3.27. The molecule has 0 saturated heterocycles. The number of benzene rings is 1. The van der Waals surface area contributed by atoms with Crippen molar-refractivity contribution in [2.45, 2.75) is 19.3 Å². The van der Waals surface area contributed by atoms with Crippen molar-refractivity contribution in [2.75, 3.05) is 25.9 Å². The van der Waals surface area contributed by atoms with Crippen LogP contribution in [0.3, 0.4) is 0 Å². The molecule has 82 valence electrons. The third-order valence-corrected chi connectivity index (χ3v) is 3.00. The fourth-order valence-corrected chi connectivity index (χ4v) is 1.90. The van der Waals surface area contributed by atoms with E-state index in [4.69, 9.17) is 5.73 Å². The monoisotopic (exact) mass is 204 g/mol. The zero-order valence-electron chi connectivity index (χ0n) is 9.45. The summed E-state index contributed by atoms with van der Waals surface area (Å²) in [6.07, 6.45) is 3.97. The van der Waals surface area contributed by atoms with Crippen molar-refractivity contribution >= 4 is 5.69 Å². The molecule has 0 heterocycles. The minimum absolute atomic E-state index is 0.873. The van der Waals surface area contributed by atoms with Gasteiger partial charge in [-0.3, -0.25) is 0 Å². The van der Waals surface area contributed by atoms with Crippen molar-refractivity contribution in [3.8, 4) is 0 Å². The van der Waals surface area contributed by atoms with Crippen LogP contribution in [0.1, 0.15) is 18.4 Å². The SMILES string of the molecule is CN(CCc1cccc(N)c1)CC1CC1. The van der Waals surface area contributed by atoms with E-state index in [9.17, 15) is 0 Å². The van der Waals surface area contributed by atoms with Crippen LogP contribution in [0.25, 0.3) is 0 Å². The second kappa shape index (κ2) is 4.67. The minimum atomic E-state index is 0.873. The molecule has 0 atom stereocenters. The van der Waals surface area contributed by atoms with Crippen LogP contribution >= 0.6 is 0 Å². The smallest absolute Gasteiger partial charge is 0.0316 e.